The molecule has 0 bridgehead atoms. The second kappa shape index (κ2) is 7.23. The Bertz CT molecular complexity index is 316. The number of benzene rings is 1. The highest BCUT2D eigenvalue weighted by Gasteiger charge is 2.02. The predicted molar refractivity (Wildman–Crippen MR) is 76.7 cm³/mol. The zero-order chi connectivity index (χ0) is 12.0. The first kappa shape index (κ1) is 13.9. The molecule has 0 radical (unpaired) electrons. The average molecular weight is 303 g/mol. The fourth-order valence-electron chi connectivity index (χ4n) is 1.53. The third kappa shape index (κ3) is 4.38. The summed E-state index contributed by atoms with van der Waals surface area (Å²) in [6, 6.07) is 4.18. The van der Waals surface area contributed by atoms with E-state index in [2.05, 4.69) is 48.2 Å². The second-order valence-electron chi connectivity index (χ2n) is 3.92. The summed E-state index contributed by atoms with van der Waals surface area (Å²) >= 11 is 5.45. The molecule has 0 saturated heterocycles. The normalized spacial score (nSPS) is 10.5. The van der Waals surface area contributed by atoms with Crippen LogP contribution >= 0.6 is 27.7 Å². The van der Waals surface area contributed by atoms with E-state index in [0.717, 1.165) is 18.8 Å². The van der Waals surface area contributed by atoms with Crippen LogP contribution in [0, 0.1) is 13.8 Å². The lowest BCUT2D eigenvalue weighted by molar-refractivity contribution is 0.309. The lowest BCUT2D eigenvalue weighted by atomic mass is 10.1. The number of halogens is 1. The molecule has 90 valence electrons. The Balaban J connectivity index is 2.43. The van der Waals surface area contributed by atoms with Gasteiger partial charge in [0.2, 0.25) is 0 Å². The van der Waals surface area contributed by atoms with E-state index in [9.17, 15) is 0 Å². The monoisotopic (exact) mass is 302 g/mol. The van der Waals surface area contributed by atoms with Crippen molar-refractivity contribution in [3.05, 3.63) is 27.7 Å². The van der Waals surface area contributed by atoms with Gasteiger partial charge in [0.1, 0.15) is 5.75 Å². The molecular weight excluding hydrogens is 284 g/mol. The minimum Gasteiger partial charge on any atom is -0.494 e. The molecule has 1 aromatic rings. The van der Waals surface area contributed by atoms with E-state index in [0.29, 0.717) is 0 Å². The molecule has 0 N–H and O–H groups in total. The van der Waals surface area contributed by atoms with Crippen LogP contribution < -0.4 is 4.74 Å². The van der Waals surface area contributed by atoms with Crippen molar-refractivity contribution in [2.45, 2.75) is 26.7 Å². The average Bonchev–Trinajstić information content (AvgIpc) is 2.25. The molecule has 0 aromatic heterocycles. The van der Waals surface area contributed by atoms with Crippen molar-refractivity contribution in [3.8, 4) is 5.75 Å². The number of thioether (sulfide) groups is 1. The van der Waals surface area contributed by atoms with Crippen LogP contribution in [0.3, 0.4) is 0 Å². The summed E-state index contributed by atoms with van der Waals surface area (Å²) in [5, 5.41) is 0. The van der Waals surface area contributed by atoms with Crippen molar-refractivity contribution in [3.63, 3.8) is 0 Å². The maximum atomic E-state index is 5.74. The molecule has 0 aliphatic carbocycles. The van der Waals surface area contributed by atoms with Crippen molar-refractivity contribution in [1.82, 2.24) is 0 Å². The van der Waals surface area contributed by atoms with Crippen LogP contribution in [0.5, 0.6) is 5.75 Å². The third-order valence-electron chi connectivity index (χ3n) is 2.42. The van der Waals surface area contributed by atoms with Gasteiger partial charge in [0.25, 0.3) is 0 Å². The van der Waals surface area contributed by atoms with Gasteiger partial charge in [0.15, 0.2) is 0 Å². The van der Waals surface area contributed by atoms with E-state index in [4.69, 9.17) is 4.74 Å². The quantitative estimate of drug-likeness (QED) is 0.711. The van der Waals surface area contributed by atoms with Gasteiger partial charge in [-0.05, 0) is 62.0 Å². The lowest BCUT2D eigenvalue weighted by Crippen LogP contribution is -1.99. The maximum Gasteiger partial charge on any atom is 0.119 e. The molecule has 1 nitrogen and oxygen atoms in total. The molecule has 0 saturated carbocycles. The van der Waals surface area contributed by atoms with Crippen molar-refractivity contribution in [2.24, 2.45) is 0 Å². The number of aryl methyl sites for hydroxylation is 2. The van der Waals surface area contributed by atoms with Gasteiger partial charge in [-0.25, -0.2) is 0 Å². The van der Waals surface area contributed by atoms with Crippen LogP contribution in [0.4, 0.5) is 0 Å². The Morgan fingerprint density at radius 2 is 1.81 bits per heavy atom. The summed E-state index contributed by atoms with van der Waals surface area (Å²) in [4.78, 5) is 0. The Labute approximate surface area is 111 Å². The molecule has 1 rings (SSSR count). The van der Waals surface area contributed by atoms with E-state index in [-0.39, 0.29) is 0 Å². The Morgan fingerprint density at radius 3 is 2.38 bits per heavy atom. The molecule has 0 fully saturated rings. The SMILES string of the molecule is CSCCCCOc1cc(C)c(Br)c(C)c1. The van der Waals surface area contributed by atoms with Gasteiger partial charge < -0.3 is 4.74 Å². The van der Waals surface area contributed by atoms with Crippen LogP contribution in [0.2, 0.25) is 0 Å². The molecule has 0 aliphatic heterocycles. The standard InChI is InChI=1S/C13H19BrOS/c1-10-8-12(9-11(2)13(10)14)15-6-4-5-7-16-3/h8-9H,4-7H2,1-3H3. The molecule has 0 atom stereocenters. The zero-order valence-corrected chi connectivity index (χ0v) is 12.6. The van der Waals surface area contributed by atoms with Gasteiger partial charge in [-0.15, -0.1) is 0 Å². The largest absolute Gasteiger partial charge is 0.494 e. The van der Waals surface area contributed by atoms with Gasteiger partial charge >= 0.3 is 0 Å². The van der Waals surface area contributed by atoms with Gasteiger partial charge in [-0.1, -0.05) is 15.9 Å². The van der Waals surface area contributed by atoms with Crippen molar-refractivity contribution < 1.29 is 4.74 Å². The number of unbranched alkanes of at least 4 members (excludes halogenated alkanes) is 1. The first-order valence-corrected chi connectivity index (χ1v) is 7.72. The highest BCUT2D eigenvalue weighted by Crippen LogP contribution is 2.26. The second-order valence-corrected chi connectivity index (χ2v) is 5.70. The van der Waals surface area contributed by atoms with Gasteiger partial charge in [-0.2, -0.15) is 11.8 Å². The van der Waals surface area contributed by atoms with Crippen LogP contribution in [0.25, 0.3) is 0 Å². The summed E-state index contributed by atoms with van der Waals surface area (Å²) in [6.07, 6.45) is 4.51. The smallest absolute Gasteiger partial charge is 0.119 e. The minimum absolute atomic E-state index is 0.821. The summed E-state index contributed by atoms with van der Waals surface area (Å²) < 4.78 is 6.92. The Hall–Kier alpha value is -0.150. The van der Waals surface area contributed by atoms with E-state index in [1.54, 1.807) is 0 Å². The third-order valence-corrected chi connectivity index (χ3v) is 4.37. The molecule has 0 amide bonds. The number of hydrogen-bond acceptors (Lipinski definition) is 2. The molecule has 0 aliphatic rings. The van der Waals surface area contributed by atoms with Gasteiger partial charge in [-0.3, -0.25) is 0 Å². The summed E-state index contributed by atoms with van der Waals surface area (Å²) in [7, 11) is 0. The van der Waals surface area contributed by atoms with Gasteiger partial charge in [0, 0.05) is 4.47 Å². The van der Waals surface area contributed by atoms with E-state index < -0.39 is 0 Å². The van der Waals surface area contributed by atoms with Crippen molar-refractivity contribution in [1.29, 1.82) is 0 Å². The van der Waals surface area contributed by atoms with Crippen LogP contribution in [0.15, 0.2) is 16.6 Å². The molecule has 3 heteroatoms. The fourth-order valence-corrected chi connectivity index (χ4v) is 2.25. The van der Waals surface area contributed by atoms with Crippen molar-refractivity contribution in [2.75, 3.05) is 18.6 Å². The minimum atomic E-state index is 0.821. The van der Waals surface area contributed by atoms with Crippen LogP contribution in [-0.2, 0) is 0 Å². The fraction of sp³-hybridized carbons (Fsp3) is 0.538. The maximum absolute atomic E-state index is 5.74. The molecule has 16 heavy (non-hydrogen) atoms. The number of hydrogen-bond donors (Lipinski definition) is 0. The molecule has 0 spiro atoms. The number of ether oxygens (including phenoxy) is 1. The van der Waals surface area contributed by atoms with Gasteiger partial charge in [0.05, 0.1) is 6.61 Å². The first-order valence-electron chi connectivity index (χ1n) is 5.53. The van der Waals surface area contributed by atoms with Crippen LogP contribution in [0.1, 0.15) is 24.0 Å². The predicted octanol–water partition coefficient (Wildman–Crippen LogP) is 4.59. The van der Waals surface area contributed by atoms with E-state index in [1.807, 2.05) is 11.8 Å². The van der Waals surface area contributed by atoms with Crippen molar-refractivity contribution >= 4 is 27.7 Å². The summed E-state index contributed by atoms with van der Waals surface area (Å²) in [5.41, 5.74) is 2.47. The zero-order valence-electron chi connectivity index (χ0n) is 10.2. The van der Waals surface area contributed by atoms with E-state index in [1.165, 1.54) is 27.8 Å². The number of rotatable bonds is 6. The first-order chi connectivity index (χ1) is 7.65. The Morgan fingerprint density at radius 1 is 1.19 bits per heavy atom. The highest BCUT2D eigenvalue weighted by atomic mass is 79.9. The molecule has 0 heterocycles. The van der Waals surface area contributed by atoms with E-state index >= 15 is 0 Å². The molecular formula is C13H19BrOS. The summed E-state index contributed by atoms with van der Waals surface area (Å²) in [6.45, 7) is 5.01. The molecule has 1 aromatic carbocycles. The highest BCUT2D eigenvalue weighted by molar-refractivity contribution is 9.10. The lowest BCUT2D eigenvalue weighted by Gasteiger charge is -2.09. The van der Waals surface area contributed by atoms with Crippen LogP contribution in [-0.4, -0.2) is 18.6 Å². The topological polar surface area (TPSA) is 9.23 Å². The summed E-state index contributed by atoms with van der Waals surface area (Å²) in [5.74, 6) is 2.21. The molecule has 0 unspecified atom stereocenters. The Kier molecular flexibility index (Phi) is 6.29.